The Kier molecular flexibility index (Phi) is 5.17. The van der Waals surface area contributed by atoms with Crippen LogP contribution in [0.2, 0.25) is 0 Å². The lowest BCUT2D eigenvalue weighted by Gasteiger charge is -2.15. The molecule has 0 saturated heterocycles. The quantitative estimate of drug-likeness (QED) is 0.731. The zero-order valence-electron chi connectivity index (χ0n) is 15.7. The van der Waals surface area contributed by atoms with Crippen molar-refractivity contribution in [3.63, 3.8) is 0 Å². The summed E-state index contributed by atoms with van der Waals surface area (Å²) in [6.45, 7) is 9.79. The fraction of sp³-hybridized carbons (Fsp3) is 0.400. The first kappa shape index (κ1) is 17.9. The molecule has 6 heteroatoms. The summed E-state index contributed by atoms with van der Waals surface area (Å²) in [5, 5.41) is 13.2. The van der Waals surface area contributed by atoms with Gasteiger partial charge in [-0.2, -0.15) is 5.26 Å². The summed E-state index contributed by atoms with van der Waals surface area (Å²) >= 11 is 0. The van der Waals surface area contributed by atoms with Crippen LogP contribution >= 0.6 is 0 Å². The van der Waals surface area contributed by atoms with Crippen molar-refractivity contribution in [2.75, 3.05) is 11.9 Å². The second-order valence-electron chi connectivity index (χ2n) is 6.80. The molecule has 1 aromatic carbocycles. The maximum Gasteiger partial charge on any atom is 0.222 e. The fourth-order valence-electron chi connectivity index (χ4n) is 3.02. The van der Waals surface area contributed by atoms with Crippen molar-refractivity contribution in [3.8, 4) is 6.07 Å². The van der Waals surface area contributed by atoms with Gasteiger partial charge in [-0.1, -0.05) is 26.0 Å². The van der Waals surface area contributed by atoms with Gasteiger partial charge in [-0.15, -0.1) is 0 Å². The molecular formula is C20H24N6. The maximum absolute atomic E-state index is 9.93. The third kappa shape index (κ3) is 3.38. The van der Waals surface area contributed by atoms with E-state index in [1.54, 1.807) is 6.20 Å². The van der Waals surface area contributed by atoms with Crippen LogP contribution in [0, 0.1) is 24.2 Å². The van der Waals surface area contributed by atoms with Gasteiger partial charge in [0.25, 0.3) is 0 Å². The Labute approximate surface area is 153 Å². The van der Waals surface area contributed by atoms with Crippen LogP contribution in [0.5, 0.6) is 0 Å². The van der Waals surface area contributed by atoms with Crippen LogP contribution in [0.25, 0.3) is 11.0 Å². The second-order valence-corrected chi connectivity index (χ2v) is 6.80. The summed E-state index contributed by atoms with van der Waals surface area (Å²) in [4.78, 5) is 13.7. The van der Waals surface area contributed by atoms with E-state index in [2.05, 4.69) is 46.7 Å². The lowest BCUT2D eigenvalue weighted by molar-refractivity contribution is 0.680. The summed E-state index contributed by atoms with van der Waals surface area (Å²) in [6.07, 6.45) is 1.77. The Balaban J connectivity index is 2.07. The van der Waals surface area contributed by atoms with E-state index in [0.29, 0.717) is 17.6 Å². The normalized spacial score (nSPS) is 12.3. The minimum atomic E-state index is -0.537. The fourth-order valence-corrected chi connectivity index (χ4v) is 3.02. The first-order valence-electron chi connectivity index (χ1n) is 8.97. The molecular weight excluding hydrogens is 324 g/mol. The molecule has 134 valence electrons. The number of nitrogens with zero attached hydrogens (tertiary/aromatic N) is 5. The zero-order valence-corrected chi connectivity index (χ0v) is 15.7. The van der Waals surface area contributed by atoms with E-state index in [-0.39, 0.29) is 0 Å². The highest BCUT2D eigenvalue weighted by atomic mass is 15.1. The molecule has 3 rings (SSSR count). The van der Waals surface area contributed by atoms with E-state index in [1.165, 1.54) is 0 Å². The topological polar surface area (TPSA) is 79.4 Å². The van der Waals surface area contributed by atoms with Gasteiger partial charge in [0.15, 0.2) is 0 Å². The number of fused-ring (bicyclic) bond motifs is 1. The Morgan fingerprint density at radius 1 is 1.23 bits per heavy atom. The number of aromatic nitrogens is 4. The largest absolute Gasteiger partial charge is 0.354 e. The van der Waals surface area contributed by atoms with Crippen LogP contribution in [0.4, 0.5) is 5.95 Å². The Morgan fingerprint density at radius 3 is 2.69 bits per heavy atom. The van der Waals surface area contributed by atoms with Gasteiger partial charge in [0.2, 0.25) is 5.95 Å². The van der Waals surface area contributed by atoms with Gasteiger partial charge in [-0.3, -0.25) is 0 Å². The number of imidazole rings is 1. The average molecular weight is 348 g/mol. The number of para-hydroxylation sites is 2. The van der Waals surface area contributed by atoms with E-state index < -0.39 is 5.92 Å². The molecule has 0 bridgehead atoms. The van der Waals surface area contributed by atoms with Gasteiger partial charge in [0, 0.05) is 19.3 Å². The molecule has 0 fully saturated rings. The number of anilines is 1. The van der Waals surface area contributed by atoms with E-state index in [4.69, 9.17) is 4.98 Å². The van der Waals surface area contributed by atoms with Crippen LogP contribution in [0.15, 0.2) is 30.5 Å². The molecule has 0 saturated carbocycles. The number of nitriles is 1. The van der Waals surface area contributed by atoms with Gasteiger partial charge >= 0.3 is 0 Å². The predicted molar refractivity (Wildman–Crippen MR) is 103 cm³/mol. The number of aryl methyl sites for hydroxylation is 2. The lowest BCUT2D eigenvalue weighted by atomic mass is 10.0. The summed E-state index contributed by atoms with van der Waals surface area (Å²) < 4.78 is 2.09. The Bertz CT molecular complexity index is 951. The van der Waals surface area contributed by atoms with Crippen molar-refractivity contribution in [3.05, 3.63) is 47.5 Å². The molecule has 3 aromatic rings. The van der Waals surface area contributed by atoms with E-state index >= 15 is 0 Å². The third-order valence-electron chi connectivity index (χ3n) is 4.34. The van der Waals surface area contributed by atoms with Crippen LogP contribution in [-0.4, -0.2) is 26.1 Å². The highest BCUT2D eigenvalue weighted by molar-refractivity contribution is 5.76. The van der Waals surface area contributed by atoms with Crippen LogP contribution in [0.3, 0.4) is 0 Å². The first-order valence-corrected chi connectivity index (χ1v) is 8.97. The molecule has 0 aliphatic carbocycles. The van der Waals surface area contributed by atoms with Gasteiger partial charge in [-0.05, 0) is 37.5 Å². The van der Waals surface area contributed by atoms with Gasteiger partial charge in [0.1, 0.15) is 11.7 Å². The molecule has 6 nitrogen and oxygen atoms in total. The number of rotatable bonds is 6. The summed E-state index contributed by atoms with van der Waals surface area (Å²) in [7, 11) is 0. The van der Waals surface area contributed by atoms with Crippen molar-refractivity contribution in [1.29, 1.82) is 5.26 Å². The number of hydrogen-bond acceptors (Lipinski definition) is 5. The van der Waals surface area contributed by atoms with Crippen LogP contribution in [0.1, 0.15) is 43.8 Å². The van der Waals surface area contributed by atoms with E-state index in [9.17, 15) is 5.26 Å². The van der Waals surface area contributed by atoms with Crippen molar-refractivity contribution in [1.82, 2.24) is 19.5 Å². The third-order valence-corrected chi connectivity index (χ3v) is 4.34. The molecule has 2 heterocycles. The number of nitrogens with one attached hydrogen (secondary N) is 1. The zero-order chi connectivity index (χ0) is 18.7. The van der Waals surface area contributed by atoms with Gasteiger partial charge < -0.3 is 9.88 Å². The number of hydrogen-bond donors (Lipinski definition) is 1. The molecule has 1 unspecified atom stereocenters. The summed E-state index contributed by atoms with van der Waals surface area (Å²) in [6, 6.07) is 10.4. The van der Waals surface area contributed by atoms with Crippen LogP contribution < -0.4 is 5.32 Å². The van der Waals surface area contributed by atoms with Crippen molar-refractivity contribution < 1.29 is 0 Å². The maximum atomic E-state index is 9.93. The summed E-state index contributed by atoms with van der Waals surface area (Å²) in [5.74, 6) is 1.23. The molecule has 1 atom stereocenters. The van der Waals surface area contributed by atoms with Gasteiger partial charge in [-0.25, -0.2) is 15.0 Å². The highest BCUT2D eigenvalue weighted by Gasteiger charge is 2.24. The van der Waals surface area contributed by atoms with Crippen LogP contribution in [-0.2, 0) is 6.54 Å². The van der Waals surface area contributed by atoms with E-state index in [1.807, 2.05) is 31.2 Å². The lowest BCUT2D eigenvalue weighted by Crippen LogP contribution is -2.15. The van der Waals surface area contributed by atoms with Crippen molar-refractivity contribution in [2.45, 2.75) is 40.2 Å². The average Bonchev–Trinajstić information content (AvgIpc) is 3.00. The minimum absolute atomic E-state index is 0.486. The van der Waals surface area contributed by atoms with Gasteiger partial charge in [0.05, 0.1) is 22.8 Å². The SMILES string of the molecule is CCn1c(C(C#N)c2nc(NCC(C)C)ncc2C)nc2ccccc21. The summed E-state index contributed by atoms with van der Waals surface area (Å²) in [5.41, 5.74) is 3.53. The highest BCUT2D eigenvalue weighted by Crippen LogP contribution is 2.28. The molecule has 0 radical (unpaired) electrons. The van der Waals surface area contributed by atoms with E-state index in [0.717, 1.165) is 35.5 Å². The second kappa shape index (κ2) is 7.52. The molecule has 0 aliphatic rings. The monoisotopic (exact) mass is 348 g/mol. The standard InChI is InChI=1S/C20H24N6/c1-5-26-17-9-7-6-8-16(17)24-19(26)15(10-21)18-14(4)12-23-20(25-18)22-11-13(2)3/h6-9,12-13,15H,5,11H2,1-4H3,(H,22,23,25). The molecule has 1 N–H and O–H groups in total. The molecule has 2 aromatic heterocycles. The smallest absolute Gasteiger partial charge is 0.222 e. The Hall–Kier alpha value is -2.94. The first-order chi connectivity index (χ1) is 12.5. The predicted octanol–water partition coefficient (Wildman–Crippen LogP) is 3.88. The Morgan fingerprint density at radius 2 is 2.00 bits per heavy atom. The van der Waals surface area contributed by atoms with Crippen molar-refractivity contribution >= 4 is 17.0 Å². The number of benzene rings is 1. The molecule has 0 amide bonds. The molecule has 26 heavy (non-hydrogen) atoms. The molecule has 0 spiro atoms. The van der Waals surface area contributed by atoms with Crippen molar-refractivity contribution in [2.24, 2.45) is 5.92 Å². The molecule has 0 aliphatic heterocycles. The minimum Gasteiger partial charge on any atom is -0.354 e.